The third-order valence-electron chi connectivity index (χ3n) is 3.76. The number of rotatable bonds is 4. The Bertz CT molecular complexity index is 896. The van der Waals surface area contributed by atoms with Gasteiger partial charge in [-0.1, -0.05) is 0 Å². The van der Waals surface area contributed by atoms with Crippen LogP contribution in [0.4, 0.5) is 5.69 Å². The molecule has 0 aliphatic heterocycles. The molecule has 1 N–H and O–H groups in total. The summed E-state index contributed by atoms with van der Waals surface area (Å²) >= 11 is 1.54. The summed E-state index contributed by atoms with van der Waals surface area (Å²) in [7, 11) is 1.74. The van der Waals surface area contributed by atoms with E-state index < -0.39 is 11.7 Å². The molecule has 7 heteroatoms. The van der Waals surface area contributed by atoms with Crippen LogP contribution in [0.3, 0.4) is 0 Å². The number of hydrogen-bond donors (Lipinski definition) is 1. The predicted octanol–water partition coefficient (Wildman–Crippen LogP) is 2.98. The molecule has 122 valence electrons. The van der Waals surface area contributed by atoms with Gasteiger partial charge in [0.25, 0.3) is 11.7 Å². The molecule has 0 spiro atoms. The molecule has 0 fully saturated rings. The second-order valence-electron chi connectivity index (χ2n) is 5.37. The molecule has 0 saturated heterocycles. The number of thiazole rings is 1. The van der Waals surface area contributed by atoms with E-state index in [0.29, 0.717) is 22.6 Å². The Morgan fingerprint density at radius 3 is 2.42 bits per heavy atom. The number of amides is 1. The summed E-state index contributed by atoms with van der Waals surface area (Å²) in [6, 6.07) is 7.23. The van der Waals surface area contributed by atoms with Crippen molar-refractivity contribution in [2.24, 2.45) is 7.05 Å². The van der Waals surface area contributed by atoms with Crippen LogP contribution in [0.5, 0.6) is 0 Å². The summed E-state index contributed by atoms with van der Waals surface area (Å²) in [6.45, 7) is 3.49. The summed E-state index contributed by atoms with van der Waals surface area (Å²) in [5.41, 5.74) is 3.11. The SMILES string of the molecule is Cc1nn(C)c(C)c1C(=O)C(=O)Nc1ccc(-c2nccs2)cc1. The van der Waals surface area contributed by atoms with Crippen molar-refractivity contribution in [1.29, 1.82) is 0 Å². The molecule has 0 saturated carbocycles. The topological polar surface area (TPSA) is 76.9 Å². The Morgan fingerprint density at radius 1 is 1.17 bits per heavy atom. The molecule has 1 amide bonds. The average molecular weight is 340 g/mol. The lowest BCUT2D eigenvalue weighted by Crippen LogP contribution is -2.24. The van der Waals surface area contributed by atoms with Crippen LogP contribution in [0.15, 0.2) is 35.8 Å². The van der Waals surface area contributed by atoms with Gasteiger partial charge in [0.05, 0.1) is 11.3 Å². The molecule has 0 aliphatic rings. The van der Waals surface area contributed by atoms with Gasteiger partial charge in [-0.25, -0.2) is 4.98 Å². The van der Waals surface area contributed by atoms with Crippen LogP contribution in [0.2, 0.25) is 0 Å². The number of anilines is 1. The number of aryl methyl sites for hydroxylation is 2. The third kappa shape index (κ3) is 2.98. The van der Waals surface area contributed by atoms with Crippen molar-refractivity contribution in [1.82, 2.24) is 14.8 Å². The average Bonchev–Trinajstić information content (AvgIpc) is 3.17. The highest BCUT2D eigenvalue weighted by Crippen LogP contribution is 2.23. The number of carbonyl (C=O) groups excluding carboxylic acids is 2. The molecule has 0 aliphatic carbocycles. The fourth-order valence-corrected chi connectivity index (χ4v) is 3.11. The van der Waals surface area contributed by atoms with Gasteiger partial charge < -0.3 is 5.32 Å². The minimum Gasteiger partial charge on any atom is -0.319 e. The highest BCUT2D eigenvalue weighted by molar-refractivity contribution is 7.13. The zero-order chi connectivity index (χ0) is 17.3. The van der Waals surface area contributed by atoms with E-state index in [9.17, 15) is 9.59 Å². The van der Waals surface area contributed by atoms with Crippen LogP contribution >= 0.6 is 11.3 Å². The number of nitrogens with one attached hydrogen (secondary N) is 1. The second kappa shape index (κ2) is 6.37. The van der Waals surface area contributed by atoms with Crippen molar-refractivity contribution in [2.75, 3.05) is 5.32 Å². The maximum absolute atomic E-state index is 12.4. The van der Waals surface area contributed by atoms with Gasteiger partial charge in [0.1, 0.15) is 5.01 Å². The monoisotopic (exact) mass is 340 g/mol. The molecule has 1 aromatic carbocycles. The van der Waals surface area contributed by atoms with Gasteiger partial charge in [-0.2, -0.15) is 5.10 Å². The first-order chi connectivity index (χ1) is 11.5. The van der Waals surface area contributed by atoms with Crippen molar-refractivity contribution in [3.05, 3.63) is 52.8 Å². The van der Waals surface area contributed by atoms with Gasteiger partial charge in [-0.3, -0.25) is 14.3 Å². The third-order valence-corrected chi connectivity index (χ3v) is 4.59. The lowest BCUT2D eigenvalue weighted by molar-refractivity contribution is -0.112. The molecule has 3 rings (SSSR count). The maximum Gasteiger partial charge on any atom is 0.296 e. The molecule has 3 aromatic rings. The number of Topliss-reactive ketones (excluding diaryl/α,β-unsaturated/α-hetero) is 1. The van der Waals surface area contributed by atoms with Crippen LogP contribution in [0.1, 0.15) is 21.7 Å². The second-order valence-corrected chi connectivity index (χ2v) is 6.26. The van der Waals surface area contributed by atoms with Crippen molar-refractivity contribution in [3.8, 4) is 10.6 Å². The van der Waals surface area contributed by atoms with Crippen molar-refractivity contribution < 1.29 is 9.59 Å². The molecule has 6 nitrogen and oxygen atoms in total. The fourth-order valence-electron chi connectivity index (χ4n) is 2.47. The molecule has 2 heterocycles. The highest BCUT2D eigenvalue weighted by Gasteiger charge is 2.23. The summed E-state index contributed by atoms with van der Waals surface area (Å²) in [6.07, 6.45) is 1.74. The predicted molar refractivity (Wildman–Crippen MR) is 93.2 cm³/mol. The lowest BCUT2D eigenvalue weighted by atomic mass is 10.1. The van der Waals surface area contributed by atoms with E-state index >= 15 is 0 Å². The van der Waals surface area contributed by atoms with E-state index in [2.05, 4.69) is 15.4 Å². The Kier molecular flexibility index (Phi) is 4.26. The first-order valence-corrected chi connectivity index (χ1v) is 8.21. The molecule has 24 heavy (non-hydrogen) atoms. The Balaban J connectivity index is 1.76. The summed E-state index contributed by atoms with van der Waals surface area (Å²) in [5.74, 6) is -1.25. The zero-order valence-electron chi connectivity index (χ0n) is 13.5. The maximum atomic E-state index is 12.4. The number of nitrogens with zero attached hydrogens (tertiary/aromatic N) is 3. The Labute approximate surface area is 143 Å². The van der Waals surface area contributed by atoms with Crippen molar-refractivity contribution in [3.63, 3.8) is 0 Å². The summed E-state index contributed by atoms with van der Waals surface area (Å²) in [4.78, 5) is 28.9. The van der Waals surface area contributed by atoms with E-state index in [4.69, 9.17) is 0 Å². The van der Waals surface area contributed by atoms with Crippen molar-refractivity contribution in [2.45, 2.75) is 13.8 Å². The largest absolute Gasteiger partial charge is 0.319 e. The van der Waals surface area contributed by atoms with Crippen molar-refractivity contribution >= 4 is 28.7 Å². The van der Waals surface area contributed by atoms with Crippen LogP contribution in [0, 0.1) is 13.8 Å². The fraction of sp³-hybridized carbons (Fsp3) is 0.176. The normalized spacial score (nSPS) is 10.6. The standard InChI is InChI=1S/C17H16N4O2S/c1-10-14(11(2)21(3)20-10)15(22)16(23)19-13-6-4-12(5-7-13)17-18-8-9-24-17/h4-9H,1-3H3,(H,19,23). The van der Waals surface area contributed by atoms with Gasteiger partial charge in [0.2, 0.25) is 0 Å². The number of carbonyl (C=O) groups is 2. The summed E-state index contributed by atoms with van der Waals surface area (Å²) < 4.78 is 1.60. The van der Waals surface area contributed by atoms with Crippen LogP contribution in [0.25, 0.3) is 10.6 Å². The Morgan fingerprint density at radius 2 is 1.88 bits per heavy atom. The van der Waals surface area contributed by atoms with Gasteiger partial charge >= 0.3 is 0 Å². The van der Waals surface area contributed by atoms with Gasteiger partial charge in [0.15, 0.2) is 0 Å². The molecule has 2 aromatic heterocycles. The molecule has 0 radical (unpaired) electrons. The zero-order valence-corrected chi connectivity index (χ0v) is 14.3. The van der Waals surface area contributed by atoms with E-state index in [1.54, 1.807) is 55.2 Å². The number of hydrogen-bond acceptors (Lipinski definition) is 5. The van der Waals surface area contributed by atoms with Gasteiger partial charge in [0, 0.05) is 35.6 Å². The van der Waals surface area contributed by atoms with E-state index in [1.165, 1.54) is 0 Å². The molecular formula is C17H16N4O2S. The molecular weight excluding hydrogens is 324 g/mol. The van der Waals surface area contributed by atoms with E-state index in [0.717, 1.165) is 10.6 Å². The number of benzene rings is 1. The summed E-state index contributed by atoms with van der Waals surface area (Å²) in [5, 5.41) is 9.62. The number of ketones is 1. The van der Waals surface area contributed by atoms with E-state index in [-0.39, 0.29) is 0 Å². The molecule has 0 atom stereocenters. The first kappa shape index (κ1) is 16.1. The van der Waals surface area contributed by atoms with Crippen LogP contribution < -0.4 is 5.32 Å². The van der Waals surface area contributed by atoms with Crippen LogP contribution in [-0.2, 0) is 11.8 Å². The highest BCUT2D eigenvalue weighted by atomic mass is 32.1. The van der Waals surface area contributed by atoms with Crippen LogP contribution in [-0.4, -0.2) is 26.5 Å². The number of aromatic nitrogens is 3. The van der Waals surface area contributed by atoms with Gasteiger partial charge in [-0.15, -0.1) is 11.3 Å². The molecule has 0 unspecified atom stereocenters. The van der Waals surface area contributed by atoms with E-state index in [1.807, 2.05) is 17.5 Å². The Hall–Kier alpha value is -2.80. The minimum absolute atomic E-state index is 0.356. The lowest BCUT2D eigenvalue weighted by Gasteiger charge is -2.06. The van der Waals surface area contributed by atoms with Gasteiger partial charge in [-0.05, 0) is 38.1 Å². The molecule has 0 bridgehead atoms. The minimum atomic E-state index is -0.670. The quantitative estimate of drug-likeness (QED) is 0.585. The smallest absolute Gasteiger partial charge is 0.296 e. The first-order valence-electron chi connectivity index (χ1n) is 7.33.